The van der Waals surface area contributed by atoms with Crippen molar-refractivity contribution in [1.29, 1.82) is 0 Å². The highest BCUT2D eigenvalue weighted by Gasteiger charge is 2.20. The number of ether oxygens (including phenoxy) is 1. The number of aromatic carboxylic acids is 1. The van der Waals surface area contributed by atoms with Crippen molar-refractivity contribution in [3.8, 4) is 5.75 Å². The van der Waals surface area contributed by atoms with Crippen LogP contribution < -0.4 is 4.74 Å². The van der Waals surface area contributed by atoms with Crippen LogP contribution in [0.2, 0.25) is 0 Å². The minimum Gasteiger partial charge on any atom is -0.488 e. The zero-order valence-corrected chi connectivity index (χ0v) is 10.8. The molecule has 0 saturated heterocycles. The van der Waals surface area contributed by atoms with Gasteiger partial charge in [-0.3, -0.25) is 4.98 Å². The van der Waals surface area contributed by atoms with Crippen LogP contribution in [0.3, 0.4) is 0 Å². The molecule has 1 aliphatic carbocycles. The molecule has 1 heterocycles. The van der Waals surface area contributed by atoms with Crippen LogP contribution in [0, 0.1) is 5.92 Å². The zero-order valence-electron chi connectivity index (χ0n) is 10.8. The molecule has 5 nitrogen and oxygen atoms in total. The Morgan fingerprint density at radius 3 is 2.89 bits per heavy atom. The molecule has 1 aromatic rings. The number of hydrogen-bond donors (Lipinski definition) is 2. The number of nitrogens with zero attached hydrogens (tertiary/aromatic N) is 1. The SMILES string of the molecule is O=C(O)c1ccncc1OCC(O)CC1CCCC1. The van der Waals surface area contributed by atoms with Gasteiger partial charge >= 0.3 is 5.97 Å². The van der Waals surface area contributed by atoms with Crippen LogP contribution in [-0.4, -0.2) is 33.9 Å². The predicted molar refractivity (Wildman–Crippen MR) is 69.3 cm³/mol. The lowest BCUT2D eigenvalue weighted by molar-refractivity contribution is 0.0671. The molecule has 1 unspecified atom stereocenters. The number of carbonyl (C=O) groups is 1. The molecule has 0 aliphatic heterocycles. The van der Waals surface area contributed by atoms with Gasteiger partial charge in [0.2, 0.25) is 0 Å². The maximum absolute atomic E-state index is 11.0. The fourth-order valence-electron chi connectivity index (χ4n) is 2.56. The van der Waals surface area contributed by atoms with Gasteiger partial charge in [0, 0.05) is 6.20 Å². The van der Waals surface area contributed by atoms with Crippen molar-refractivity contribution in [2.75, 3.05) is 6.61 Å². The number of pyridine rings is 1. The quantitative estimate of drug-likeness (QED) is 0.823. The Hall–Kier alpha value is -1.62. The third-order valence-corrected chi connectivity index (χ3v) is 3.53. The van der Waals surface area contributed by atoms with Crippen LogP contribution in [0.4, 0.5) is 0 Å². The van der Waals surface area contributed by atoms with E-state index in [9.17, 15) is 9.90 Å². The second-order valence-electron chi connectivity index (χ2n) is 5.03. The van der Waals surface area contributed by atoms with Crippen LogP contribution in [0.15, 0.2) is 18.5 Å². The molecule has 0 aromatic carbocycles. The summed E-state index contributed by atoms with van der Waals surface area (Å²) in [6.07, 6.45) is 7.77. The number of aliphatic hydroxyl groups is 1. The Bertz CT molecular complexity index is 429. The van der Waals surface area contributed by atoms with Crippen molar-refractivity contribution in [3.63, 3.8) is 0 Å². The normalized spacial score (nSPS) is 17.3. The Morgan fingerprint density at radius 1 is 1.47 bits per heavy atom. The summed E-state index contributed by atoms with van der Waals surface area (Å²) in [5, 5.41) is 18.9. The van der Waals surface area contributed by atoms with Crippen LogP contribution in [0.25, 0.3) is 0 Å². The Morgan fingerprint density at radius 2 is 2.21 bits per heavy atom. The first-order valence-electron chi connectivity index (χ1n) is 6.65. The van der Waals surface area contributed by atoms with Crippen LogP contribution in [0.1, 0.15) is 42.5 Å². The van der Waals surface area contributed by atoms with E-state index in [1.54, 1.807) is 0 Å². The summed E-state index contributed by atoms with van der Waals surface area (Å²) in [6.45, 7) is 0.114. The molecule has 1 atom stereocenters. The fourth-order valence-corrected chi connectivity index (χ4v) is 2.56. The lowest BCUT2D eigenvalue weighted by Crippen LogP contribution is -2.21. The molecule has 5 heteroatoms. The molecule has 0 spiro atoms. The molecular weight excluding hydrogens is 246 g/mol. The molecule has 2 rings (SSSR count). The lowest BCUT2D eigenvalue weighted by Gasteiger charge is -2.16. The summed E-state index contributed by atoms with van der Waals surface area (Å²) in [4.78, 5) is 14.8. The molecule has 1 fully saturated rings. The summed E-state index contributed by atoms with van der Waals surface area (Å²) >= 11 is 0. The Kier molecular flexibility index (Phi) is 4.74. The maximum atomic E-state index is 11.0. The van der Waals surface area contributed by atoms with Crippen molar-refractivity contribution < 1.29 is 19.7 Å². The summed E-state index contributed by atoms with van der Waals surface area (Å²) < 4.78 is 5.38. The van der Waals surface area contributed by atoms with Gasteiger partial charge < -0.3 is 14.9 Å². The molecular formula is C14H19NO4. The van der Waals surface area contributed by atoms with Gasteiger partial charge in [-0.2, -0.15) is 0 Å². The molecule has 19 heavy (non-hydrogen) atoms. The van der Waals surface area contributed by atoms with E-state index in [-0.39, 0.29) is 17.9 Å². The molecule has 104 valence electrons. The van der Waals surface area contributed by atoms with E-state index < -0.39 is 12.1 Å². The second kappa shape index (κ2) is 6.52. The zero-order chi connectivity index (χ0) is 13.7. The Balaban J connectivity index is 1.85. The van der Waals surface area contributed by atoms with Crippen LogP contribution >= 0.6 is 0 Å². The average molecular weight is 265 g/mol. The van der Waals surface area contributed by atoms with Gasteiger partial charge in [0.15, 0.2) is 5.75 Å². The average Bonchev–Trinajstić information content (AvgIpc) is 2.89. The summed E-state index contributed by atoms with van der Waals surface area (Å²) in [5.41, 5.74) is 0.0723. The molecule has 0 bridgehead atoms. The van der Waals surface area contributed by atoms with Gasteiger partial charge in [-0.05, 0) is 18.4 Å². The van der Waals surface area contributed by atoms with Gasteiger partial charge in [0.1, 0.15) is 12.2 Å². The van der Waals surface area contributed by atoms with Gasteiger partial charge in [-0.15, -0.1) is 0 Å². The maximum Gasteiger partial charge on any atom is 0.339 e. The summed E-state index contributed by atoms with van der Waals surface area (Å²) in [7, 11) is 0. The van der Waals surface area contributed by atoms with Crippen LogP contribution in [0.5, 0.6) is 5.75 Å². The van der Waals surface area contributed by atoms with E-state index >= 15 is 0 Å². The first-order chi connectivity index (χ1) is 9.16. The lowest BCUT2D eigenvalue weighted by atomic mass is 10.0. The molecule has 1 aromatic heterocycles. The van der Waals surface area contributed by atoms with Crippen molar-refractivity contribution >= 4 is 5.97 Å². The second-order valence-corrected chi connectivity index (χ2v) is 5.03. The largest absolute Gasteiger partial charge is 0.488 e. The van der Waals surface area contributed by atoms with Crippen molar-refractivity contribution in [1.82, 2.24) is 4.98 Å². The van der Waals surface area contributed by atoms with E-state index in [1.165, 1.54) is 44.1 Å². The minimum atomic E-state index is -1.05. The number of aromatic nitrogens is 1. The van der Waals surface area contributed by atoms with Gasteiger partial charge in [-0.25, -0.2) is 4.79 Å². The monoisotopic (exact) mass is 265 g/mol. The minimum absolute atomic E-state index is 0.0723. The van der Waals surface area contributed by atoms with E-state index in [0.29, 0.717) is 5.92 Å². The standard InChI is InChI=1S/C14H19NO4/c16-11(7-10-3-1-2-4-10)9-19-13-8-15-6-5-12(13)14(17)18/h5-6,8,10-11,16H,1-4,7,9H2,(H,17,18). The first kappa shape index (κ1) is 13.8. The molecule has 2 N–H and O–H groups in total. The van der Waals surface area contributed by atoms with Crippen molar-refractivity contribution in [2.24, 2.45) is 5.92 Å². The smallest absolute Gasteiger partial charge is 0.339 e. The predicted octanol–water partition coefficient (Wildman–Crippen LogP) is 2.10. The van der Waals surface area contributed by atoms with Crippen molar-refractivity contribution in [3.05, 3.63) is 24.0 Å². The van der Waals surface area contributed by atoms with E-state index in [1.807, 2.05) is 0 Å². The molecule has 1 saturated carbocycles. The van der Waals surface area contributed by atoms with Gasteiger partial charge in [-0.1, -0.05) is 25.7 Å². The van der Waals surface area contributed by atoms with E-state index in [4.69, 9.17) is 9.84 Å². The van der Waals surface area contributed by atoms with Crippen molar-refractivity contribution in [2.45, 2.75) is 38.2 Å². The number of aliphatic hydroxyl groups excluding tert-OH is 1. The molecule has 0 radical (unpaired) electrons. The van der Waals surface area contributed by atoms with E-state index in [0.717, 1.165) is 6.42 Å². The Labute approximate surface area is 112 Å². The topological polar surface area (TPSA) is 79.7 Å². The van der Waals surface area contributed by atoms with Gasteiger partial charge in [0.25, 0.3) is 0 Å². The summed E-state index contributed by atoms with van der Waals surface area (Å²) in [5.74, 6) is -0.269. The third kappa shape index (κ3) is 3.92. The highest BCUT2D eigenvalue weighted by Crippen LogP contribution is 2.28. The molecule has 1 aliphatic rings. The highest BCUT2D eigenvalue weighted by molar-refractivity contribution is 5.90. The number of carboxylic acids is 1. The summed E-state index contributed by atoms with van der Waals surface area (Å²) in [6, 6.07) is 1.39. The fraction of sp³-hybridized carbons (Fsp3) is 0.571. The first-order valence-corrected chi connectivity index (χ1v) is 6.65. The third-order valence-electron chi connectivity index (χ3n) is 3.53. The number of carboxylic acid groups (broad SMARTS) is 1. The number of hydrogen-bond acceptors (Lipinski definition) is 4. The number of rotatable bonds is 6. The molecule has 0 amide bonds. The van der Waals surface area contributed by atoms with E-state index in [2.05, 4.69) is 4.98 Å². The highest BCUT2D eigenvalue weighted by atomic mass is 16.5. The van der Waals surface area contributed by atoms with Gasteiger partial charge in [0.05, 0.1) is 12.3 Å². The van der Waals surface area contributed by atoms with Crippen LogP contribution in [-0.2, 0) is 0 Å².